The SMILES string of the molecule is CCNc1cc2ncnc(NCc3ccccc3OCCN3CCOCC3)c2cc1[N+](=O)[O-]. The van der Waals surface area contributed by atoms with Gasteiger partial charge in [-0.3, -0.25) is 15.0 Å². The van der Waals surface area contributed by atoms with Crippen molar-refractivity contribution in [2.45, 2.75) is 13.5 Å². The minimum Gasteiger partial charge on any atom is -0.492 e. The standard InChI is InChI=1S/C23H28N6O4/c1-2-24-20-14-19-18(13-21(20)29(30)31)23(27-16-26-19)25-15-17-5-3-4-6-22(17)33-12-9-28-7-10-32-11-8-28/h3-6,13-14,16,24H,2,7-12,15H2,1H3,(H,25,26,27). The second kappa shape index (κ2) is 10.9. The van der Waals surface area contributed by atoms with E-state index in [1.54, 1.807) is 6.07 Å². The number of ether oxygens (including phenoxy) is 2. The van der Waals surface area contributed by atoms with E-state index in [9.17, 15) is 10.1 Å². The van der Waals surface area contributed by atoms with Crippen LogP contribution in [-0.4, -0.2) is 65.8 Å². The fraction of sp³-hybridized carbons (Fsp3) is 0.391. The van der Waals surface area contributed by atoms with Crippen molar-refractivity contribution in [3.63, 3.8) is 0 Å². The van der Waals surface area contributed by atoms with Gasteiger partial charge in [0.25, 0.3) is 5.69 Å². The van der Waals surface area contributed by atoms with Crippen molar-refractivity contribution in [2.75, 3.05) is 56.6 Å². The third-order valence-corrected chi connectivity index (χ3v) is 5.50. The lowest BCUT2D eigenvalue weighted by Crippen LogP contribution is -2.38. The van der Waals surface area contributed by atoms with Gasteiger partial charge in [-0.2, -0.15) is 0 Å². The van der Waals surface area contributed by atoms with Gasteiger partial charge in [0.2, 0.25) is 0 Å². The average Bonchev–Trinajstić information content (AvgIpc) is 2.83. The van der Waals surface area contributed by atoms with Crippen molar-refractivity contribution in [2.24, 2.45) is 0 Å². The molecule has 0 bridgehead atoms. The molecule has 2 aromatic carbocycles. The van der Waals surface area contributed by atoms with Gasteiger partial charge in [0.15, 0.2) is 0 Å². The first-order valence-electron chi connectivity index (χ1n) is 11.1. The molecule has 1 aliphatic heterocycles. The van der Waals surface area contributed by atoms with Gasteiger partial charge in [0.1, 0.15) is 30.2 Å². The second-order valence-electron chi connectivity index (χ2n) is 7.66. The summed E-state index contributed by atoms with van der Waals surface area (Å²) in [5.41, 5.74) is 2.04. The van der Waals surface area contributed by atoms with Crippen LogP contribution in [0.5, 0.6) is 5.75 Å². The number of fused-ring (bicyclic) bond motifs is 1. The van der Waals surface area contributed by atoms with Gasteiger partial charge in [-0.15, -0.1) is 0 Å². The van der Waals surface area contributed by atoms with Crippen molar-refractivity contribution < 1.29 is 14.4 Å². The number of hydrogen-bond donors (Lipinski definition) is 2. The molecule has 174 valence electrons. The van der Waals surface area contributed by atoms with Crippen molar-refractivity contribution in [3.05, 3.63) is 58.4 Å². The Morgan fingerprint density at radius 2 is 2.00 bits per heavy atom. The number of anilines is 2. The number of rotatable bonds is 10. The highest BCUT2D eigenvalue weighted by molar-refractivity contribution is 5.94. The highest BCUT2D eigenvalue weighted by Crippen LogP contribution is 2.32. The molecular formula is C23H28N6O4. The Kier molecular flexibility index (Phi) is 7.48. The topological polar surface area (TPSA) is 115 Å². The minimum atomic E-state index is -0.397. The lowest BCUT2D eigenvalue weighted by Gasteiger charge is -2.26. The molecule has 0 atom stereocenters. The number of benzene rings is 2. The van der Waals surface area contributed by atoms with E-state index in [4.69, 9.17) is 9.47 Å². The maximum atomic E-state index is 11.6. The smallest absolute Gasteiger partial charge is 0.293 e. The lowest BCUT2D eigenvalue weighted by atomic mass is 10.1. The summed E-state index contributed by atoms with van der Waals surface area (Å²) in [4.78, 5) is 22.1. The molecule has 0 radical (unpaired) electrons. The molecule has 10 heteroatoms. The number of aromatic nitrogens is 2. The fourth-order valence-corrected chi connectivity index (χ4v) is 3.79. The van der Waals surface area contributed by atoms with Gasteiger partial charge in [0.05, 0.1) is 23.7 Å². The summed E-state index contributed by atoms with van der Waals surface area (Å²) in [6.07, 6.45) is 1.46. The number of nitro benzene ring substituents is 1. The summed E-state index contributed by atoms with van der Waals surface area (Å²) in [6.45, 7) is 7.74. The van der Waals surface area contributed by atoms with E-state index in [2.05, 4.69) is 25.5 Å². The molecule has 1 aliphatic rings. The Bertz CT molecular complexity index is 1100. The molecule has 0 saturated carbocycles. The maximum Gasteiger partial charge on any atom is 0.293 e. The van der Waals surface area contributed by atoms with E-state index < -0.39 is 4.92 Å². The summed E-state index contributed by atoms with van der Waals surface area (Å²) in [7, 11) is 0. The number of nitrogens with zero attached hydrogens (tertiary/aromatic N) is 4. The molecule has 33 heavy (non-hydrogen) atoms. The van der Waals surface area contributed by atoms with Crippen LogP contribution in [0.15, 0.2) is 42.7 Å². The van der Waals surface area contributed by atoms with E-state index >= 15 is 0 Å². The molecule has 3 aromatic rings. The zero-order chi connectivity index (χ0) is 23.0. The summed E-state index contributed by atoms with van der Waals surface area (Å²) < 4.78 is 11.4. The van der Waals surface area contributed by atoms with E-state index in [-0.39, 0.29) is 5.69 Å². The molecular weight excluding hydrogens is 424 g/mol. The Hall–Kier alpha value is -3.50. The predicted molar refractivity (Wildman–Crippen MR) is 127 cm³/mol. The van der Waals surface area contributed by atoms with Gasteiger partial charge < -0.3 is 20.1 Å². The lowest BCUT2D eigenvalue weighted by molar-refractivity contribution is -0.383. The van der Waals surface area contributed by atoms with Crippen LogP contribution in [-0.2, 0) is 11.3 Å². The molecule has 0 unspecified atom stereocenters. The zero-order valence-corrected chi connectivity index (χ0v) is 18.6. The molecule has 4 rings (SSSR count). The van der Waals surface area contributed by atoms with E-state index in [1.165, 1.54) is 12.4 Å². The predicted octanol–water partition coefficient (Wildman–Crippen LogP) is 3.29. The fourth-order valence-electron chi connectivity index (χ4n) is 3.79. The molecule has 2 N–H and O–H groups in total. The first-order chi connectivity index (χ1) is 16.2. The number of para-hydroxylation sites is 1. The normalized spacial score (nSPS) is 14.2. The number of nitrogens with one attached hydrogen (secondary N) is 2. The van der Waals surface area contributed by atoms with Crippen molar-refractivity contribution in [3.8, 4) is 5.75 Å². The molecule has 0 spiro atoms. The summed E-state index contributed by atoms with van der Waals surface area (Å²) in [5.74, 6) is 1.34. The van der Waals surface area contributed by atoms with Crippen molar-refractivity contribution >= 4 is 28.1 Å². The Balaban J connectivity index is 1.48. The van der Waals surface area contributed by atoms with Gasteiger partial charge in [-0.05, 0) is 19.1 Å². The molecule has 0 amide bonds. The number of nitro groups is 1. The second-order valence-corrected chi connectivity index (χ2v) is 7.66. The molecule has 1 saturated heterocycles. The van der Waals surface area contributed by atoms with Crippen LogP contribution in [0.4, 0.5) is 17.2 Å². The van der Waals surface area contributed by atoms with Crippen LogP contribution in [0.25, 0.3) is 10.9 Å². The molecule has 0 aliphatic carbocycles. The maximum absolute atomic E-state index is 11.6. The number of morpholine rings is 1. The van der Waals surface area contributed by atoms with Crippen LogP contribution in [0.2, 0.25) is 0 Å². The summed E-state index contributed by atoms with van der Waals surface area (Å²) in [5, 5.41) is 18.5. The van der Waals surface area contributed by atoms with Gasteiger partial charge in [-0.1, -0.05) is 18.2 Å². The average molecular weight is 453 g/mol. The van der Waals surface area contributed by atoms with Gasteiger partial charge in [-0.25, -0.2) is 9.97 Å². The van der Waals surface area contributed by atoms with Gasteiger partial charge >= 0.3 is 0 Å². The quantitative estimate of drug-likeness (QED) is 0.353. The van der Waals surface area contributed by atoms with Crippen LogP contribution >= 0.6 is 0 Å². The van der Waals surface area contributed by atoms with Crippen molar-refractivity contribution in [1.29, 1.82) is 0 Å². The van der Waals surface area contributed by atoms with E-state index in [0.717, 1.165) is 44.2 Å². The molecule has 2 heterocycles. The Labute approximate surface area is 192 Å². The van der Waals surface area contributed by atoms with Gasteiger partial charge in [0, 0.05) is 49.7 Å². The first-order valence-corrected chi connectivity index (χ1v) is 11.1. The minimum absolute atomic E-state index is 0.00551. The van der Waals surface area contributed by atoms with Crippen molar-refractivity contribution in [1.82, 2.24) is 14.9 Å². The first kappa shape index (κ1) is 22.7. The summed E-state index contributed by atoms with van der Waals surface area (Å²) in [6, 6.07) is 11.0. The third kappa shape index (κ3) is 5.65. The highest BCUT2D eigenvalue weighted by atomic mass is 16.6. The zero-order valence-electron chi connectivity index (χ0n) is 18.6. The van der Waals surface area contributed by atoms with Crippen LogP contribution in [0.1, 0.15) is 12.5 Å². The molecule has 10 nitrogen and oxygen atoms in total. The highest BCUT2D eigenvalue weighted by Gasteiger charge is 2.18. The Morgan fingerprint density at radius 3 is 2.79 bits per heavy atom. The van der Waals surface area contributed by atoms with E-state index in [1.807, 2.05) is 31.2 Å². The Morgan fingerprint density at radius 1 is 1.18 bits per heavy atom. The van der Waals surface area contributed by atoms with E-state index in [0.29, 0.717) is 42.1 Å². The molecule has 1 aromatic heterocycles. The molecule has 1 fully saturated rings. The van der Waals surface area contributed by atoms with Crippen LogP contribution in [0.3, 0.4) is 0 Å². The van der Waals surface area contributed by atoms with Crippen LogP contribution in [0, 0.1) is 10.1 Å². The number of hydrogen-bond acceptors (Lipinski definition) is 9. The van der Waals surface area contributed by atoms with Crippen LogP contribution < -0.4 is 15.4 Å². The monoisotopic (exact) mass is 452 g/mol. The summed E-state index contributed by atoms with van der Waals surface area (Å²) >= 11 is 0. The largest absolute Gasteiger partial charge is 0.492 e. The third-order valence-electron chi connectivity index (χ3n) is 5.50.